The van der Waals surface area contributed by atoms with Crippen LogP contribution < -0.4 is 0 Å². The molecule has 0 N–H and O–H groups in total. The summed E-state index contributed by atoms with van der Waals surface area (Å²) in [6.45, 7) is 3.62. The zero-order valence-electron chi connectivity index (χ0n) is 10.8. The molecule has 1 unspecified atom stereocenters. The molecule has 18 heavy (non-hydrogen) atoms. The van der Waals surface area contributed by atoms with Gasteiger partial charge in [0.2, 0.25) is 0 Å². The van der Waals surface area contributed by atoms with Crippen molar-refractivity contribution in [1.29, 1.82) is 0 Å². The Morgan fingerprint density at radius 1 is 1.11 bits per heavy atom. The van der Waals surface area contributed by atoms with Gasteiger partial charge in [0, 0.05) is 19.4 Å². The molecule has 2 aliphatic heterocycles. The van der Waals surface area contributed by atoms with Gasteiger partial charge in [0.05, 0.1) is 5.76 Å². The Balaban J connectivity index is 1.48. The van der Waals surface area contributed by atoms with Gasteiger partial charge < -0.3 is 4.74 Å². The summed E-state index contributed by atoms with van der Waals surface area (Å²) in [5.74, 6) is 1.16. The van der Waals surface area contributed by atoms with Gasteiger partial charge in [0.25, 0.3) is 0 Å². The van der Waals surface area contributed by atoms with Gasteiger partial charge in [-0.3, -0.25) is 4.90 Å². The van der Waals surface area contributed by atoms with E-state index in [2.05, 4.69) is 41.3 Å². The lowest BCUT2D eigenvalue weighted by atomic mass is 10.1. The van der Waals surface area contributed by atoms with E-state index in [1.54, 1.807) is 0 Å². The van der Waals surface area contributed by atoms with Crippen LogP contribution in [0.25, 0.3) is 0 Å². The normalized spacial score (nSPS) is 24.0. The summed E-state index contributed by atoms with van der Waals surface area (Å²) in [5.41, 5.74) is 1.34. The lowest BCUT2D eigenvalue weighted by Crippen LogP contribution is -2.29. The fourth-order valence-corrected chi connectivity index (χ4v) is 2.85. The molecule has 3 rings (SSSR count). The van der Waals surface area contributed by atoms with E-state index in [4.69, 9.17) is 4.74 Å². The molecule has 2 heteroatoms. The third kappa shape index (κ3) is 2.94. The molecular weight excluding hydrogens is 222 g/mol. The third-order valence-corrected chi connectivity index (χ3v) is 3.81. The van der Waals surface area contributed by atoms with Crippen LogP contribution in [0.15, 0.2) is 42.2 Å². The first-order valence-electron chi connectivity index (χ1n) is 7.02. The highest BCUT2D eigenvalue weighted by Gasteiger charge is 2.22. The largest absolute Gasteiger partial charge is 0.493 e. The Morgan fingerprint density at radius 3 is 2.67 bits per heavy atom. The molecule has 0 aromatic heterocycles. The fraction of sp³-hybridized carbons (Fsp3) is 0.500. The maximum absolute atomic E-state index is 6.05. The molecule has 0 spiro atoms. The summed E-state index contributed by atoms with van der Waals surface area (Å²) < 4.78 is 6.05. The summed E-state index contributed by atoms with van der Waals surface area (Å²) in [4.78, 5) is 2.53. The number of benzene rings is 1. The predicted octanol–water partition coefficient (Wildman–Crippen LogP) is 3.00. The quantitative estimate of drug-likeness (QED) is 0.806. The van der Waals surface area contributed by atoms with Crippen LogP contribution in [0.3, 0.4) is 0 Å². The molecule has 0 amide bonds. The fourth-order valence-electron chi connectivity index (χ4n) is 2.85. The molecule has 0 radical (unpaired) electrons. The molecule has 0 saturated carbocycles. The average molecular weight is 243 g/mol. The standard InChI is InChI=1S/C16H21NO/c1-2-6-14(7-3-1)12-15-8-9-16(18-15)13-17-10-4-5-11-17/h1-3,6-8,16H,4-5,9-13H2. The molecular formula is C16H21NO. The van der Waals surface area contributed by atoms with Gasteiger partial charge in [0.15, 0.2) is 0 Å². The molecule has 0 aliphatic carbocycles. The number of ether oxygens (including phenoxy) is 1. The first kappa shape index (κ1) is 11.8. The molecule has 1 fully saturated rings. The van der Waals surface area contributed by atoms with Crippen molar-refractivity contribution in [2.75, 3.05) is 19.6 Å². The third-order valence-electron chi connectivity index (χ3n) is 3.81. The molecule has 1 saturated heterocycles. The van der Waals surface area contributed by atoms with E-state index in [0.717, 1.165) is 25.1 Å². The maximum Gasteiger partial charge on any atom is 0.114 e. The van der Waals surface area contributed by atoms with Gasteiger partial charge >= 0.3 is 0 Å². The number of rotatable bonds is 4. The van der Waals surface area contributed by atoms with Gasteiger partial charge in [-0.05, 0) is 37.6 Å². The van der Waals surface area contributed by atoms with Gasteiger partial charge in [-0.25, -0.2) is 0 Å². The second-order valence-corrected chi connectivity index (χ2v) is 5.32. The van der Waals surface area contributed by atoms with E-state index >= 15 is 0 Å². The van der Waals surface area contributed by atoms with Crippen LogP contribution in [0.2, 0.25) is 0 Å². The molecule has 1 aromatic rings. The van der Waals surface area contributed by atoms with Crippen molar-refractivity contribution >= 4 is 0 Å². The van der Waals surface area contributed by atoms with E-state index in [9.17, 15) is 0 Å². The van der Waals surface area contributed by atoms with Crippen molar-refractivity contribution in [2.45, 2.75) is 31.8 Å². The van der Waals surface area contributed by atoms with Crippen molar-refractivity contribution in [3.8, 4) is 0 Å². The second-order valence-electron chi connectivity index (χ2n) is 5.32. The second kappa shape index (κ2) is 5.57. The van der Waals surface area contributed by atoms with Crippen LogP contribution in [-0.2, 0) is 11.2 Å². The Kier molecular flexibility index (Phi) is 3.65. The average Bonchev–Trinajstić information content (AvgIpc) is 3.03. The Bertz CT molecular complexity index is 406. The monoisotopic (exact) mass is 243 g/mol. The molecule has 2 nitrogen and oxygen atoms in total. The number of hydrogen-bond donors (Lipinski definition) is 0. The minimum absolute atomic E-state index is 0.391. The van der Waals surface area contributed by atoms with Crippen LogP contribution in [0, 0.1) is 0 Å². The summed E-state index contributed by atoms with van der Waals surface area (Å²) in [5, 5.41) is 0. The first-order valence-corrected chi connectivity index (χ1v) is 7.02. The minimum Gasteiger partial charge on any atom is -0.493 e. The van der Waals surface area contributed by atoms with Crippen LogP contribution in [0.1, 0.15) is 24.8 Å². The molecule has 1 atom stereocenters. The maximum atomic E-state index is 6.05. The van der Waals surface area contributed by atoms with Crippen molar-refractivity contribution in [3.05, 3.63) is 47.7 Å². The zero-order chi connectivity index (χ0) is 12.2. The summed E-state index contributed by atoms with van der Waals surface area (Å²) >= 11 is 0. The number of allylic oxidation sites excluding steroid dienone is 1. The van der Waals surface area contributed by atoms with Crippen molar-refractivity contribution < 1.29 is 4.74 Å². The first-order chi connectivity index (χ1) is 8.90. The number of likely N-dealkylation sites (tertiary alicyclic amines) is 1. The van der Waals surface area contributed by atoms with Crippen LogP contribution in [0.4, 0.5) is 0 Å². The van der Waals surface area contributed by atoms with E-state index in [-0.39, 0.29) is 0 Å². The Hall–Kier alpha value is -1.28. The molecule has 2 heterocycles. The highest BCUT2D eigenvalue weighted by atomic mass is 16.5. The summed E-state index contributed by atoms with van der Waals surface area (Å²) in [6, 6.07) is 10.6. The predicted molar refractivity (Wildman–Crippen MR) is 73.4 cm³/mol. The van der Waals surface area contributed by atoms with Gasteiger partial charge in [-0.2, -0.15) is 0 Å². The SMILES string of the molecule is C1=C(Cc2ccccc2)OC(CN2CCCC2)C1. The number of hydrogen-bond acceptors (Lipinski definition) is 2. The van der Waals surface area contributed by atoms with Crippen molar-refractivity contribution in [1.82, 2.24) is 4.90 Å². The smallest absolute Gasteiger partial charge is 0.114 e. The van der Waals surface area contributed by atoms with Crippen molar-refractivity contribution in [3.63, 3.8) is 0 Å². The Morgan fingerprint density at radius 2 is 1.89 bits per heavy atom. The molecule has 96 valence electrons. The van der Waals surface area contributed by atoms with E-state index in [1.807, 2.05) is 0 Å². The van der Waals surface area contributed by atoms with Crippen LogP contribution in [0.5, 0.6) is 0 Å². The lowest BCUT2D eigenvalue weighted by molar-refractivity contribution is 0.102. The minimum atomic E-state index is 0.391. The highest BCUT2D eigenvalue weighted by molar-refractivity contribution is 5.20. The molecule has 0 bridgehead atoms. The van der Waals surface area contributed by atoms with E-state index in [1.165, 1.54) is 31.5 Å². The summed E-state index contributed by atoms with van der Waals surface area (Å²) in [6.07, 6.45) is 7.40. The van der Waals surface area contributed by atoms with Gasteiger partial charge in [-0.15, -0.1) is 0 Å². The topological polar surface area (TPSA) is 12.5 Å². The molecule has 1 aromatic carbocycles. The Labute approximate surface area is 109 Å². The number of nitrogens with zero attached hydrogens (tertiary/aromatic N) is 1. The van der Waals surface area contributed by atoms with E-state index in [0.29, 0.717) is 6.10 Å². The van der Waals surface area contributed by atoms with Crippen LogP contribution >= 0.6 is 0 Å². The van der Waals surface area contributed by atoms with E-state index < -0.39 is 0 Å². The zero-order valence-corrected chi connectivity index (χ0v) is 10.8. The highest BCUT2D eigenvalue weighted by Crippen LogP contribution is 2.22. The van der Waals surface area contributed by atoms with Crippen molar-refractivity contribution in [2.24, 2.45) is 0 Å². The van der Waals surface area contributed by atoms with Crippen LogP contribution in [-0.4, -0.2) is 30.6 Å². The van der Waals surface area contributed by atoms with Gasteiger partial charge in [-0.1, -0.05) is 30.3 Å². The van der Waals surface area contributed by atoms with Gasteiger partial charge in [0.1, 0.15) is 6.10 Å². The summed E-state index contributed by atoms with van der Waals surface area (Å²) in [7, 11) is 0. The lowest BCUT2D eigenvalue weighted by Gasteiger charge is -2.20. The molecule has 2 aliphatic rings.